The van der Waals surface area contributed by atoms with Crippen LogP contribution in [0.15, 0.2) is 41.0 Å². The molecule has 1 aliphatic carbocycles. The average molecular weight is 465 g/mol. The Labute approximate surface area is 202 Å². The van der Waals surface area contributed by atoms with E-state index in [1.807, 2.05) is 19.1 Å². The minimum atomic E-state index is -0.932. The number of benzene rings is 1. The highest BCUT2D eigenvalue weighted by molar-refractivity contribution is 6.43. The number of hydrogen-bond acceptors (Lipinski definition) is 5. The van der Waals surface area contributed by atoms with Gasteiger partial charge in [-0.2, -0.15) is 0 Å². The van der Waals surface area contributed by atoms with Crippen molar-refractivity contribution in [2.75, 3.05) is 6.54 Å². The van der Waals surface area contributed by atoms with Gasteiger partial charge >= 0.3 is 7.12 Å². The number of phenols is 1. The van der Waals surface area contributed by atoms with E-state index in [9.17, 15) is 19.7 Å². The topological polar surface area (TPSA) is 87.1 Å². The van der Waals surface area contributed by atoms with Crippen LogP contribution in [0.1, 0.15) is 64.9 Å². The molecule has 4 rings (SSSR count). The van der Waals surface area contributed by atoms with Gasteiger partial charge in [-0.15, -0.1) is 0 Å². The summed E-state index contributed by atoms with van der Waals surface area (Å²) in [5.74, 6) is -0.674. The third-order valence-electron chi connectivity index (χ3n) is 7.48. The highest BCUT2D eigenvalue weighted by atomic mass is 16.5. The van der Waals surface area contributed by atoms with Gasteiger partial charge in [-0.3, -0.25) is 14.5 Å². The standard InChI is InChI=1S/C27H36BNO5/c1-4-7-19-15-21-25(27(32)29(12-5-2)26(21)31)22-16-28(33)34-23(24(19)22)11-10-17(3)13-18-8-6-9-20(30)14-18/h6,8-9,13-14,21-23,25,30,33H,4-5,7,10-12,15-16H2,1-3H3/b17-13+/t21-,22+,23-,25-/m1/s1. The summed E-state index contributed by atoms with van der Waals surface area (Å²) >= 11 is 0. The molecule has 3 aliphatic rings. The smallest absolute Gasteiger partial charge is 0.455 e. The Morgan fingerprint density at radius 3 is 2.71 bits per heavy atom. The van der Waals surface area contributed by atoms with Crippen molar-refractivity contribution >= 4 is 25.0 Å². The van der Waals surface area contributed by atoms with Crippen LogP contribution in [-0.4, -0.2) is 46.6 Å². The largest absolute Gasteiger partial charge is 0.508 e. The van der Waals surface area contributed by atoms with E-state index >= 15 is 0 Å². The summed E-state index contributed by atoms with van der Waals surface area (Å²) in [5, 5.41) is 20.3. The van der Waals surface area contributed by atoms with Gasteiger partial charge in [-0.05, 0) is 74.5 Å². The van der Waals surface area contributed by atoms with E-state index in [0.717, 1.165) is 42.4 Å². The molecule has 1 aromatic carbocycles. The minimum absolute atomic E-state index is 0.0353. The predicted octanol–water partition coefficient (Wildman–Crippen LogP) is 4.58. The summed E-state index contributed by atoms with van der Waals surface area (Å²) in [4.78, 5) is 27.9. The van der Waals surface area contributed by atoms with Crippen molar-refractivity contribution in [2.45, 2.75) is 71.7 Å². The summed E-state index contributed by atoms with van der Waals surface area (Å²) in [7, 11) is -0.932. The highest BCUT2D eigenvalue weighted by Crippen LogP contribution is 2.51. The number of hydrogen-bond donors (Lipinski definition) is 2. The Hall–Kier alpha value is -2.38. The van der Waals surface area contributed by atoms with Crippen LogP contribution >= 0.6 is 0 Å². The fourth-order valence-corrected chi connectivity index (χ4v) is 6.14. The quantitative estimate of drug-likeness (QED) is 0.333. The molecule has 6 nitrogen and oxygen atoms in total. The molecule has 2 heterocycles. The van der Waals surface area contributed by atoms with E-state index in [2.05, 4.69) is 19.9 Å². The molecule has 0 spiro atoms. The van der Waals surface area contributed by atoms with Crippen LogP contribution in [0.2, 0.25) is 6.32 Å². The van der Waals surface area contributed by atoms with Crippen molar-refractivity contribution < 1.29 is 24.4 Å². The van der Waals surface area contributed by atoms with E-state index in [1.165, 1.54) is 10.5 Å². The van der Waals surface area contributed by atoms with Gasteiger partial charge in [0, 0.05) is 6.54 Å². The van der Waals surface area contributed by atoms with Crippen LogP contribution in [0, 0.1) is 17.8 Å². The lowest BCUT2D eigenvalue weighted by atomic mass is 9.58. The van der Waals surface area contributed by atoms with E-state index < -0.39 is 7.12 Å². The predicted molar refractivity (Wildman–Crippen MR) is 133 cm³/mol. The number of rotatable bonds is 8. The van der Waals surface area contributed by atoms with Gasteiger partial charge in [0.1, 0.15) is 5.75 Å². The molecule has 2 saturated heterocycles. The number of likely N-dealkylation sites (tertiary alicyclic amines) is 1. The summed E-state index contributed by atoms with van der Waals surface area (Å²) in [6.45, 7) is 6.64. The van der Waals surface area contributed by atoms with Crippen LogP contribution in [-0.2, 0) is 14.2 Å². The maximum Gasteiger partial charge on any atom is 0.455 e. The Bertz CT molecular complexity index is 1000. The second kappa shape index (κ2) is 10.5. The molecule has 2 amide bonds. The molecule has 0 radical (unpaired) electrons. The number of nitrogens with zero attached hydrogens (tertiary/aromatic N) is 1. The van der Waals surface area contributed by atoms with E-state index in [-0.39, 0.29) is 41.4 Å². The summed E-state index contributed by atoms with van der Waals surface area (Å²) in [6.07, 6.45) is 6.88. The Morgan fingerprint density at radius 1 is 1.21 bits per heavy atom. The number of imide groups is 1. The van der Waals surface area contributed by atoms with Crippen LogP contribution in [0.3, 0.4) is 0 Å². The minimum Gasteiger partial charge on any atom is -0.508 e. The highest BCUT2D eigenvalue weighted by Gasteiger charge is 2.56. The van der Waals surface area contributed by atoms with Gasteiger partial charge in [-0.1, -0.05) is 49.6 Å². The number of fused-ring (bicyclic) bond motifs is 3. The van der Waals surface area contributed by atoms with Crippen molar-refractivity contribution in [2.24, 2.45) is 17.8 Å². The van der Waals surface area contributed by atoms with Gasteiger partial charge in [0.25, 0.3) is 0 Å². The molecule has 0 bridgehead atoms. The van der Waals surface area contributed by atoms with E-state index in [4.69, 9.17) is 4.65 Å². The van der Waals surface area contributed by atoms with E-state index in [0.29, 0.717) is 25.7 Å². The van der Waals surface area contributed by atoms with Crippen LogP contribution in [0.5, 0.6) is 5.75 Å². The lowest BCUT2D eigenvalue weighted by molar-refractivity contribution is -0.140. The lowest BCUT2D eigenvalue weighted by Crippen LogP contribution is -2.46. The van der Waals surface area contributed by atoms with Crippen molar-refractivity contribution in [1.82, 2.24) is 4.90 Å². The molecule has 0 unspecified atom stereocenters. The zero-order valence-electron chi connectivity index (χ0n) is 20.5. The molecule has 2 fully saturated rings. The van der Waals surface area contributed by atoms with Crippen LogP contribution < -0.4 is 0 Å². The van der Waals surface area contributed by atoms with Crippen LogP contribution in [0.4, 0.5) is 0 Å². The first kappa shape index (κ1) is 24.7. The molecule has 182 valence electrons. The zero-order chi connectivity index (χ0) is 24.4. The summed E-state index contributed by atoms with van der Waals surface area (Å²) in [5.41, 5.74) is 4.51. The first-order chi connectivity index (χ1) is 16.3. The molecule has 0 saturated carbocycles. The first-order valence-electron chi connectivity index (χ1n) is 12.7. The Morgan fingerprint density at radius 2 is 2.00 bits per heavy atom. The van der Waals surface area contributed by atoms with Crippen molar-refractivity contribution in [3.63, 3.8) is 0 Å². The molecule has 1 aromatic rings. The van der Waals surface area contributed by atoms with Gasteiger partial charge in [0.2, 0.25) is 11.8 Å². The van der Waals surface area contributed by atoms with Crippen molar-refractivity contribution in [3.8, 4) is 5.75 Å². The number of allylic oxidation sites excluding steroid dienone is 2. The molecule has 7 heteroatoms. The third-order valence-corrected chi connectivity index (χ3v) is 7.48. The number of aromatic hydroxyl groups is 1. The zero-order valence-corrected chi connectivity index (χ0v) is 20.5. The second-order valence-electron chi connectivity index (χ2n) is 10.0. The molecular weight excluding hydrogens is 429 g/mol. The fourth-order valence-electron chi connectivity index (χ4n) is 6.14. The number of amides is 2. The van der Waals surface area contributed by atoms with Crippen LogP contribution in [0.25, 0.3) is 6.08 Å². The first-order valence-corrected chi connectivity index (χ1v) is 12.7. The molecule has 2 N–H and O–H groups in total. The van der Waals surface area contributed by atoms with Crippen molar-refractivity contribution in [1.29, 1.82) is 0 Å². The normalized spacial score (nSPS) is 27.4. The lowest BCUT2D eigenvalue weighted by Gasteiger charge is -2.43. The summed E-state index contributed by atoms with van der Waals surface area (Å²) < 4.78 is 6.06. The fraction of sp³-hybridized carbons (Fsp3) is 0.556. The maximum atomic E-state index is 13.3. The third kappa shape index (κ3) is 4.87. The molecular formula is C27H36BNO5. The maximum absolute atomic E-state index is 13.3. The van der Waals surface area contributed by atoms with E-state index in [1.54, 1.807) is 12.1 Å². The molecule has 0 aromatic heterocycles. The van der Waals surface area contributed by atoms with Crippen molar-refractivity contribution in [3.05, 3.63) is 46.5 Å². The molecule has 34 heavy (non-hydrogen) atoms. The second-order valence-corrected chi connectivity index (χ2v) is 10.0. The SMILES string of the molecule is CCCC1=C2[C@@H](CC/C(C)=C/c3cccc(O)c3)OB(O)C[C@@H]2[C@@H]2C(=O)N(CCC)C(=O)[C@@H]2C1. The molecule has 2 aliphatic heterocycles. The van der Waals surface area contributed by atoms with Gasteiger partial charge in [-0.25, -0.2) is 0 Å². The average Bonchev–Trinajstić information content (AvgIpc) is 3.02. The summed E-state index contributed by atoms with van der Waals surface area (Å²) in [6, 6.07) is 7.16. The molecule has 4 atom stereocenters. The number of carbonyl (C=O) groups excluding carboxylic acids is 2. The number of phenolic OH excluding ortho intramolecular Hbond substituents is 1. The van der Waals surface area contributed by atoms with Gasteiger partial charge in [0.15, 0.2) is 0 Å². The number of carbonyl (C=O) groups is 2. The monoisotopic (exact) mass is 465 g/mol. The van der Waals surface area contributed by atoms with Gasteiger partial charge < -0.3 is 14.8 Å². The Balaban J connectivity index is 1.59. The Kier molecular flexibility index (Phi) is 7.63. The van der Waals surface area contributed by atoms with Gasteiger partial charge in [0.05, 0.1) is 17.9 Å².